The Labute approximate surface area is 142 Å². The van der Waals surface area contributed by atoms with Gasteiger partial charge in [0.1, 0.15) is 11.4 Å². The molecule has 4 bridgehead atoms. The quantitative estimate of drug-likeness (QED) is 0.889. The van der Waals surface area contributed by atoms with Crippen LogP contribution in [-0.2, 0) is 10.4 Å². The molecule has 4 aliphatic carbocycles. The van der Waals surface area contributed by atoms with Crippen molar-refractivity contribution in [3.8, 4) is 0 Å². The number of nitrogens with one attached hydrogen (secondary N) is 1. The first-order valence-electron chi connectivity index (χ1n) is 9.13. The van der Waals surface area contributed by atoms with Crippen LogP contribution in [0.15, 0.2) is 24.3 Å². The van der Waals surface area contributed by atoms with E-state index in [9.17, 15) is 14.3 Å². The van der Waals surface area contributed by atoms with Gasteiger partial charge < -0.3 is 10.4 Å². The maximum absolute atomic E-state index is 13.1. The Kier molecular flexibility index (Phi) is 3.72. The second-order valence-corrected chi connectivity index (χ2v) is 8.66. The predicted octanol–water partition coefficient (Wildman–Crippen LogP) is 3.37. The maximum atomic E-state index is 13.1. The van der Waals surface area contributed by atoms with Crippen LogP contribution in [0.2, 0.25) is 0 Å². The molecule has 24 heavy (non-hydrogen) atoms. The fourth-order valence-electron chi connectivity index (χ4n) is 5.74. The van der Waals surface area contributed by atoms with Crippen LogP contribution in [0.4, 0.5) is 4.39 Å². The second-order valence-electron chi connectivity index (χ2n) is 8.66. The number of aliphatic hydroxyl groups is 1. The van der Waals surface area contributed by atoms with Crippen molar-refractivity contribution < 1.29 is 14.3 Å². The number of hydrogen-bond acceptors (Lipinski definition) is 2. The molecule has 4 saturated carbocycles. The van der Waals surface area contributed by atoms with Gasteiger partial charge in [-0.1, -0.05) is 12.1 Å². The van der Waals surface area contributed by atoms with Crippen molar-refractivity contribution in [2.75, 3.05) is 6.54 Å². The summed E-state index contributed by atoms with van der Waals surface area (Å²) in [5, 5.41) is 13.7. The van der Waals surface area contributed by atoms with Crippen LogP contribution in [0.3, 0.4) is 0 Å². The summed E-state index contributed by atoms with van der Waals surface area (Å²) in [5.41, 5.74) is -0.769. The second kappa shape index (κ2) is 5.55. The predicted molar refractivity (Wildman–Crippen MR) is 89.6 cm³/mol. The van der Waals surface area contributed by atoms with Crippen LogP contribution >= 0.6 is 0 Å². The fourth-order valence-corrected chi connectivity index (χ4v) is 5.74. The monoisotopic (exact) mass is 331 g/mol. The van der Waals surface area contributed by atoms with E-state index >= 15 is 0 Å². The molecule has 0 aliphatic heterocycles. The highest BCUT2D eigenvalue weighted by atomic mass is 19.1. The molecule has 1 aromatic rings. The normalized spacial score (nSPS) is 36.4. The van der Waals surface area contributed by atoms with Gasteiger partial charge in [0.2, 0.25) is 5.91 Å². The van der Waals surface area contributed by atoms with E-state index in [-0.39, 0.29) is 23.7 Å². The zero-order valence-corrected chi connectivity index (χ0v) is 14.2. The Balaban J connectivity index is 1.44. The minimum Gasteiger partial charge on any atom is -0.384 e. The number of halogens is 1. The average molecular weight is 331 g/mol. The Hall–Kier alpha value is -1.42. The van der Waals surface area contributed by atoms with E-state index in [1.165, 1.54) is 31.4 Å². The first-order chi connectivity index (χ1) is 11.4. The lowest BCUT2D eigenvalue weighted by Crippen LogP contribution is -2.55. The minimum atomic E-state index is -1.19. The number of rotatable bonds is 4. The van der Waals surface area contributed by atoms with Crippen LogP contribution in [0.5, 0.6) is 0 Å². The van der Waals surface area contributed by atoms with Crippen LogP contribution < -0.4 is 5.32 Å². The zero-order chi connectivity index (χ0) is 16.9. The molecule has 5 rings (SSSR count). The van der Waals surface area contributed by atoms with E-state index in [0.29, 0.717) is 5.56 Å². The molecule has 0 radical (unpaired) electrons. The van der Waals surface area contributed by atoms with Crippen molar-refractivity contribution in [3.05, 3.63) is 35.6 Å². The third kappa shape index (κ3) is 2.75. The highest BCUT2D eigenvalue weighted by Gasteiger charge is 2.54. The van der Waals surface area contributed by atoms with E-state index < -0.39 is 5.60 Å². The molecule has 1 aromatic carbocycles. The third-order valence-electron chi connectivity index (χ3n) is 6.58. The Bertz CT molecular complexity index is 602. The molecule has 0 aromatic heterocycles. The largest absolute Gasteiger partial charge is 0.384 e. The molecule has 130 valence electrons. The minimum absolute atomic E-state index is 0.115. The molecule has 4 heteroatoms. The molecular formula is C20H26FNO2. The molecule has 0 heterocycles. The van der Waals surface area contributed by atoms with Gasteiger partial charge in [-0.05, 0) is 80.9 Å². The summed E-state index contributed by atoms with van der Waals surface area (Å²) in [7, 11) is 0. The van der Waals surface area contributed by atoms with Gasteiger partial charge in [-0.25, -0.2) is 4.39 Å². The summed E-state index contributed by atoms with van der Waals surface area (Å²) < 4.78 is 13.1. The average Bonchev–Trinajstić information content (AvgIpc) is 2.52. The van der Waals surface area contributed by atoms with Gasteiger partial charge in [-0.2, -0.15) is 0 Å². The van der Waals surface area contributed by atoms with Gasteiger partial charge in [-0.3, -0.25) is 4.79 Å². The van der Waals surface area contributed by atoms with E-state index in [0.717, 1.165) is 37.0 Å². The van der Waals surface area contributed by atoms with Crippen LogP contribution in [0.25, 0.3) is 0 Å². The molecule has 1 amide bonds. The van der Waals surface area contributed by atoms with Crippen molar-refractivity contribution in [1.82, 2.24) is 5.32 Å². The highest BCUT2D eigenvalue weighted by molar-refractivity contribution is 5.83. The summed E-state index contributed by atoms with van der Waals surface area (Å²) in [6.45, 7) is 1.83. The Morgan fingerprint density at radius 1 is 1.17 bits per heavy atom. The smallest absolute Gasteiger partial charge is 0.226 e. The lowest BCUT2D eigenvalue weighted by atomic mass is 9.49. The third-order valence-corrected chi connectivity index (χ3v) is 6.58. The van der Waals surface area contributed by atoms with E-state index in [4.69, 9.17) is 0 Å². The van der Waals surface area contributed by atoms with Gasteiger partial charge in [-0.15, -0.1) is 0 Å². The molecule has 4 fully saturated rings. The summed E-state index contributed by atoms with van der Waals surface area (Å²) >= 11 is 0. The number of benzene rings is 1. The summed E-state index contributed by atoms with van der Waals surface area (Å²) in [5.74, 6) is 1.95. The molecule has 0 saturated heterocycles. The van der Waals surface area contributed by atoms with E-state index in [1.807, 2.05) is 0 Å². The van der Waals surface area contributed by atoms with Crippen molar-refractivity contribution in [1.29, 1.82) is 0 Å². The molecule has 1 atom stereocenters. The molecular weight excluding hydrogens is 305 g/mol. The number of amides is 1. The van der Waals surface area contributed by atoms with Gasteiger partial charge in [0.25, 0.3) is 0 Å². The van der Waals surface area contributed by atoms with E-state index in [2.05, 4.69) is 5.32 Å². The fraction of sp³-hybridized carbons (Fsp3) is 0.650. The van der Waals surface area contributed by atoms with Crippen molar-refractivity contribution >= 4 is 5.91 Å². The molecule has 0 spiro atoms. The number of carbonyl (C=O) groups is 1. The van der Waals surface area contributed by atoms with Gasteiger partial charge in [0.15, 0.2) is 0 Å². The van der Waals surface area contributed by atoms with Gasteiger partial charge >= 0.3 is 0 Å². The van der Waals surface area contributed by atoms with Crippen LogP contribution in [0.1, 0.15) is 51.0 Å². The lowest BCUT2D eigenvalue weighted by molar-refractivity contribution is -0.147. The molecule has 1 unspecified atom stereocenters. The summed E-state index contributed by atoms with van der Waals surface area (Å²) in [4.78, 5) is 12.9. The Morgan fingerprint density at radius 3 is 2.17 bits per heavy atom. The summed E-state index contributed by atoms with van der Waals surface area (Å²) in [6.07, 6.45) is 6.97. The standard InChI is InChI=1S/C20H26FNO2/c1-19(24,16-2-4-17(21)5-3-16)12-22-18(23)20-9-13-6-14(10-20)8-15(7-13)11-20/h2-5,13-15,24H,6-12H2,1H3,(H,22,23). The van der Waals surface area contributed by atoms with E-state index in [1.54, 1.807) is 19.1 Å². The highest BCUT2D eigenvalue weighted by Crippen LogP contribution is 2.60. The van der Waals surface area contributed by atoms with Crippen molar-refractivity contribution in [3.63, 3.8) is 0 Å². The summed E-state index contributed by atoms with van der Waals surface area (Å²) in [6, 6.07) is 5.83. The maximum Gasteiger partial charge on any atom is 0.226 e. The lowest BCUT2D eigenvalue weighted by Gasteiger charge is -2.55. The SMILES string of the molecule is CC(O)(CNC(=O)C12CC3CC(CC(C3)C1)C2)c1ccc(F)cc1. The van der Waals surface area contributed by atoms with Crippen LogP contribution in [-0.4, -0.2) is 17.6 Å². The van der Waals surface area contributed by atoms with Crippen molar-refractivity contribution in [2.45, 2.75) is 51.0 Å². The molecule has 3 nitrogen and oxygen atoms in total. The first kappa shape index (κ1) is 16.1. The van der Waals surface area contributed by atoms with Gasteiger partial charge in [0, 0.05) is 5.41 Å². The first-order valence-corrected chi connectivity index (χ1v) is 9.13. The number of hydrogen-bond donors (Lipinski definition) is 2. The Morgan fingerprint density at radius 2 is 1.67 bits per heavy atom. The van der Waals surface area contributed by atoms with Gasteiger partial charge in [0.05, 0.1) is 6.54 Å². The zero-order valence-electron chi connectivity index (χ0n) is 14.2. The topological polar surface area (TPSA) is 49.3 Å². The number of carbonyl (C=O) groups excluding carboxylic acids is 1. The van der Waals surface area contributed by atoms with Crippen molar-refractivity contribution in [2.24, 2.45) is 23.2 Å². The molecule has 2 N–H and O–H groups in total. The van der Waals surface area contributed by atoms with Crippen LogP contribution in [0, 0.1) is 29.0 Å². The molecule has 4 aliphatic rings.